The first-order valence-corrected chi connectivity index (χ1v) is 8.73. The quantitative estimate of drug-likeness (QED) is 0.806. The molecule has 7 heteroatoms. The number of sulfonamides is 1. The standard InChI is InChI=1S/C12H16BrClN2O2S/c1-7-3-2-4-10(7)16-19(17,18)11-6-8(14)5-9(15)12(11)13/h5-7,10,16H,2-4,15H2,1H3. The fraction of sp³-hybridized carbons (Fsp3) is 0.500. The number of halogens is 2. The van der Waals surface area contributed by atoms with Crippen molar-refractivity contribution in [3.63, 3.8) is 0 Å². The van der Waals surface area contributed by atoms with E-state index in [-0.39, 0.29) is 10.9 Å². The number of hydrogen-bond acceptors (Lipinski definition) is 3. The first kappa shape index (κ1) is 15.1. The van der Waals surface area contributed by atoms with Gasteiger partial charge in [-0.05, 0) is 46.8 Å². The number of hydrogen-bond donors (Lipinski definition) is 2. The van der Waals surface area contributed by atoms with E-state index in [2.05, 4.69) is 27.6 Å². The van der Waals surface area contributed by atoms with Crippen LogP contribution in [-0.2, 0) is 10.0 Å². The van der Waals surface area contributed by atoms with E-state index in [0.717, 1.165) is 19.3 Å². The maximum Gasteiger partial charge on any atom is 0.242 e. The van der Waals surface area contributed by atoms with Crippen LogP contribution in [0.2, 0.25) is 5.02 Å². The van der Waals surface area contributed by atoms with Crippen LogP contribution in [0.5, 0.6) is 0 Å². The Labute approximate surface area is 126 Å². The monoisotopic (exact) mass is 366 g/mol. The summed E-state index contributed by atoms with van der Waals surface area (Å²) >= 11 is 9.09. The molecule has 0 heterocycles. The zero-order chi connectivity index (χ0) is 14.2. The minimum atomic E-state index is -3.61. The summed E-state index contributed by atoms with van der Waals surface area (Å²) < 4.78 is 27.9. The molecule has 1 fully saturated rings. The van der Waals surface area contributed by atoms with Crippen molar-refractivity contribution in [2.45, 2.75) is 37.1 Å². The van der Waals surface area contributed by atoms with Crippen molar-refractivity contribution < 1.29 is 8.42 Å². The van der Waals surface area contributed by atoms with E-state index in [0.29, 0.717) is 21.1 Å². The highest BCUT2D eigenvalue weighted by Crippen LogP contribution is 2.33. The number of rotatable bonds is 3. The molecule has 19 heavy (non-hydrogen) atoms. The third-order valence-electron chi connectivity index (χ3n) is 3.49. The van der Waals surface area contributed by atoms with Crippen molar-refractivity contribution in [3.8, 4) is 0 Å². The molecular formula is C12H16BrClN2O2S. The zero-order valence-corrected chi connectivity index (χ0v) is 13.6. The van der Waals surface area contributed by atoms with Crippen LogP contribution in [-0.4, -0.2) is 14.5 Å². The summed E-state index contributed by atoms with van der Waals surface area (Å²) in [6.45, 7) is 2.06. The lowest BCUT2D eigenvalue weighted by molar-refractivity contribution is 0.476. The van der Waals surface area contributed by atoms with Gasteiger partial charge < -0.3 is 5.73 Å². The number of nitrogen functional groups attached to an aromatic ring is 1. The van der Waals surface area contributed by atoms with Crippen molar-refractivity contribution in [1.82, 2.24) is 4.72 Å². The van der Waals surface area contributed by atoms with Gasteiger partial charge in [0.2, 0.25) is 10.0 Å². The smallest absolute Gasteiger partial charge is 0.242 e. The fourth-order valence-corrected chi connectivity index (χ4v) is 5.03. The lowest BCUT2D eigenvalue weighted by Gasteiger charge is -2.18. The van der Waals surface area contributed by atoms with Crippen LogP contribution in [0.1, 0.15) is 26.2 Å². The van der Waals surface area contributed by atoms with Gasteiger partial charge in [-0.3, -0.25) is 0 Å². The molecule has 4 nitrogen and oxygen atoms in total. The lowest BCUT2D eigenvalue weighted by atomic mass is 10.1. The summed E-state index contributed by atoms with van der Waals surface area (Å²) in [7, 11) is -3.61. The predicted molar refractivity (Wildman–Crippen MR) is 80.7 cm³/mol. The van der Waals surface area contributed by atoms with E-state index in [1.165, 1.54) is 12.1 Å². The van der Waals surface area contributed by atoms with Gasteiger partial charge in [0.25, 0.3) is 0 Å². The van der Waals surface area contributed by atoms with Gasteiger partial charge in [-0.1, -0.05) is 24.9 Å². The highest BCUT2D eigenvalue weighted by molar-refractivity contribution is 9.10. The van der Waals surface area contributed by atoms with Crippen molar-refractivity contribution >= 4 is 43.2 Å². The second kappa shape index (κ2) is 5.60. The Kier molecular flexibility index (Phi) is 4.45. The Balaban J connectivity index is 2.34. The molecule has 2 unspecified atom stereocenters. The Morgan fingerprint density at radius 3 is 2.68 bits per heavy atom. The van der Waals surface area contributed by atoms with Gasteiger partial charge in [-0.15, -0.1) is 0 Å². The first-order chi connectivity index (χ1) is 8.81. The Bertz CT molecular complexity index is 592. The maximum atomic E-state index is 12.4. The average molecular weight is 368 g/mol. The van der Waals surface area contributed by atoms with Gasteiger partial charge >= 0.3 is 0 Å². The molecule has 0 amide bonds. The summed E-state index contributed by atoms with van der Waals surface area (Å²) in [5, 5.41) is 0.306. The van der Waals surface area contributed by atoms with E-state index in [1.807, 2.05) is 0 Å². The van der Waals surface area contributed by atoms with Gasteiger partial charge in [-0.2, -0.15) is 0 Å². The predicted octanol–water partition coefficient (Wildman–Crippen LogP) is 3.15. The molecule has 1 aliphatic rings. The van der Waals surface area contributed by atoms with Crippen LogP contribution in [0.4, 0.5) is 5.69 Å². The molecule has 1 aromatic carbocycles. The molecule has 1 aliphatic carbocycles. The summed E-state index contributed by atoms with van der Waals surface area (Å²) in [5.74, 6) is 0.352. The molecule has 1 saturated carbocycles. The zero-order valence-electron chi connectivity index (χ0n) is 10.5. The number of nitrogens with two attached hydrogens (primary N) is 1. The topological polar surface area (TPSA) is 72.2 Å². The van der Waals surface area contributed by atoms with E-state index in [4.69, 9.17) is 17.3 Å². The molecule has 3 N–H and O–H groups in total. The summed E-state index contributed by atoms with van der Waals surface area (Å²) in [6.07, 6.45) is 2.97. The molecule has 0 bridgehead atoms. The molecule has 1 aromatic rings. The van der Waals surface area contributed by atoms with Crippen molar-refractivity contribution in [3.05, 3.63) is 21.6 Å². The average Bonchev–Trinajstić information content (AvgIpc) is 2.69. The van der Waals surface area contributed by atoms with Gasteiger partial charge in [0.1, 0.15) is 0 Å². The van der Waals surface area contributed by atoms with Crippen molar-refractivity contribution in [2.75, 3.05) is 5.73 Å². The van der Waals surface area contributed by atoms with Crippen LogP contribution < -0.4 is 10.5 Å². The van der Waals surface area contributed by atoms with Gasteiger partial charge in [0, 0.05) is 16.8 Å². The van der Waals surface area contributed by atoms with Crippen molar-refractivity contribution in [1.29, 1.82) is 0 Å². The SMILES string of the molecule is CC1CCCC1NS(=O)(=O)c1cc(Cl)cc(N)c1Br. The van der Waals surface area contributed by atoms with Crippen molar-refractivity contribution in [2.24, 2.45) is 5.92 Å². The van der Waals surface area contributed by atoms with E-state index in [9.17, 15) is 8.42 Å². The number of anilines is 1. The van der Waals surface area contributed by atoms with E-state index >= 15 is 0 Å². The summed E-state index contributed by atoms with van der Waals surface area (Å²) in [6, 6.07) is 2.91. The van der Waals surface area contributed by atoms with Gasteiger partial charge in [-0.25, -0.2) is 13.1 Å². The van der Waals surface area contributed by atoms with Crippen LogP contribution in [0.15, 0.2) is 21.5 Å². The van der Waals surface area contributed by atoms with Crippen LogP contribution in [0, 0.1) is 5.92 Å². The summed E-state index contributed by atoms with van der Waals surface area (Å²) in [5.41, 5.74) is 6.04. The normalized spacial score (nSPS) is 23.7. The first-order valence-electron chi connectivity index (χ1n) is 6.08. The second-order valence-electron chi connectivity index (χ2n) is 4.94. The minimum Gasteiger partial charge on any atom is -0.398 e. The largest absolute Gasteiger partial charge is 0.398 e. The van der Waals surface area contributed by atoms with Crippen LogP contribution in [0.25, 0.3) is 0 Å². The maximum absolute atomic E-state index is 12.4. The van der Waals surface area contributed by atoms with Crippen LogP contribution in [0.3, 0.4) is 0 Å². The third kappa shape index (κ3) is 3.24. The lowest BCUT2D eigenvalue weighted by Crippen LogP contribution is -2.36. The van der Waals surface area contributed by atoms with E-state index in [1.54, 1.807) is 0 Å². The van der Waals surface area contributed by atoms with Gasteiger partial charge in [0.05, 0.1) is 9.37 Å². The molecule has 0 aliphatic heterocycles. The minimum absolute atomic E-state index is 0.0166. The molecule has 106 valence electrons. The second-order valence-corrected chi connectivity index (χ2v) is 7.85. The Morgan fingerprint density at radius 1 is 1.42 bits per heavy atom. The third-order valence-corrected chi connectivity index (χ3v) is 6.37. The van der Waals surface area contributed by atoms with E-state index < -0.39 is 10.0 Å². The highest BCUT2D eigenvalue weighted by Gasteiger charge is 2.29. The molecule has 0 saturated heterocycles. The molecule has 2 rings (SSSR count). The van der Waals surface area contributed by atoms with Gasteiger partial charge in [0.15, 0.2) is 0 Å². The fourth-order valence-electron chi connectivity index (χ4n) is 2.36. The molecule has 2 atom stereocenters. The molecule has 0 aromatic heterocycles. The molecule has 0 spiro atoms. The van der Waals surface area contributed by atoms with Crippen LogP contribution >= 0.6 is 27.5 Å². The highest BCUT2D eigenvalue weighted by atomic mass is 79.9. The number of nitrogens with one attached hydrogen (secondary N) is 1. The number of benzene rings is 1. The Hall–Kier alpha value is -0.300. The Morgan fingerprint density at radius 2 is 2.11 bits per heavy atom. The molecular weight excluding hydrogens is 352 g/mol. The molecule has 0 radical (unpaired) electrons. The summed E-state index contributed by atoms with van der Waals surface area (Å²) in [4.78, 5) is 0.0941.